The molecule has 4 N–H and O–H groups in total. The van der Waals surface area contributed by atoms with Gasteiger partial charge in [0, 0.05) is 19.0 Å². The third-order valence-electron chi connectivity index (χ3n) is 5.76. The zero-order chi connectivity index (χ0) is 25.2. The molecule has 0 saturated heterocycles. The van der Waals surface area contributed by atoms with Crippen molar-refractivity contribution < 1.29 is 18.3 Å². The van der Waals surface area contributed by atoms with E-state index < -0.39 is 22.5 Å². The Kier molecular flexibility index (Phi) is 6.57. The van der Waals surface area contributed by atoms with Gasteiger partial charge in [0.25, 0.3) is 10.0 Å². The molecule has 0 saturated carbocycles. The molecule has 4 rings (SSSR count). The summed E-state index contributed by atoms with van der Waals surface area (Å²) in [6, 6.07) is 20.2. The topological polar surface area (TPSA) is 142 Å². The van der Waals surface area contributed by atoms with Gasteiger partial charge in [0.2, 0.25) is 0 Å². The van der Waals surface area contributed by atoms with Crippen molar-refractivity contribution in [3.63, 3.8) is 0 Å². The monoisotopic (exact) mass is 491 g/mol. The number of aryl methyl sites for hydroxylation is 3. The number of carboxylic acid groups (broad SMARTS) is 1. The largest absolute Gasteiger partial charge is 0.480 e. The van der Waals surface area contributed by atoms with E-state index in [4.69, 9.17) is 16.1 Å². The SMILES string of the molecule is Cn1c(CCc2ccc(C(=N)N)cc2)nc2cc(N(CC(=O)O)S(=O)(=O)c3ccccc3)ccc21. The zero-order valence-electron chi connectivity index (χ0n) is 19.0. The van der Waals surface area contributed by atoms with E-state index in [1.54, 1.807) is 36.4 Å². The molecule has 0 bridgehead atoms. The summed E-state index contributed by atoms with van der Waals surface area (Å²) in [5.74, 6) is -0.431. The van der Waals surface area contributed by atoms with Crippen LogP contribution < -0.4 is 10.0 Å². The van der Waals surface area contributed by atoms with Crippen molar-refractivity contribution in [3.05, 3.63) is 89.7 Å². The van der Waals surface area contributed by atoms with Gasteiger partial charge in [-0.25, -0.2) is 13.4 Å². The summed E-state index contributed by atoms with van der Waals surface area (Å²) >= 11 is 0. The van der Waals surface area contributed by atoms with Crippen LogP contribution in [0.25, 0.3) is 11.0 Å². The molecule has 180 valence electrons. The molecule has 3 aromatic carbocycles. The number of aliphatic carboxylic acids is 1. The number of fused-ring (bicyclic) bond motifs is 1. The normalized spacial score (nSPS) is 11.5. The van der Waals surface area contributed by atoms with Crippen LogP contribution in [0.1, 0.15) is 17.0 Å². The van der Waals surface area contributed by atoms with Crippen molar-refractivity contribution in [3.8, 4) is 0 Å². The second-order valence-electron chi connectivity index (χ2n) is 8.09. The number of anilines is 1. The highest BCUT2D eigenvalue weighted by atomic mass is 32.2. The van der Waals surface area contributed by atoms with Crippen molar-refractivity contribution >= 4 is 38.5 Å². The number of amidine groups is 1. The Bertz CT molecular complexity index is 1500. The molecule has 0 radical (unpaired) electrons. The maximum Gasteiger partial charge on any atom is 0.324 e. The van der Waals surface area contributed by atoms with E-state index in [0.29, 0.717) is 17.5 Å². The van der Waals surface area contributed by atoms with Crippen LogP contribution in [0.3, 0.4) is 0 Å². The summed E-state index contributed by atoms with van der Waals surface area (Å²) < 4.78 is 29.3. The maximum atomic E-state index is 13.2. The highest BCUT2D eigenvalue weighted by Gasteiger charge is 2.27. The lowest BCUT2D eigenvalue weighted by molar-refractivity contribution is -0.135. The van der Waals surface area contributed by atoms with E-state index in [9.17, 15) is 18.3 Å². The molecule has 35 heavy (non-hydrogen) atoms. The molecule has 0 fully saturated rings. The molecule has 0 aliphatic heterocycles. The number of carbonyl (C=O) groups is 1. The molecule has 0 unspecified atom stereocenters. The molecule has 0 atom stereocenters. The van der Waals surface area contributed by atoms with Gasteiger partial charge in [-0.1, -0.05) is 42.5 Å². The smallest absolute Gasteiger partial charge is 0.324 e. The number of rotatable bonds is 9. The van der Waals surface area contributed by atoms with Gasteiger partial charge < -0.3 is 15.4 Å². The number of imidazole rings is 1. The number of hydrogen-bond donors (Lipinski definition) is 3. The van der Waals surface area contributed by atoms with Gasteiger partial charge in [0.15, 0.2) is 0 Å². The lowest BCUT2D eigenvalue weighted by Crippen LogP contribution is -2.35. The number of nitrogens with one attached hydrogen (secondary N) is 1. The standard InChI is InChI=1S/C25H25N5O4S/c1-29-22-13-12-19(30(16-24(31)32)35(33,34)20-5-3-2-4-6-20)15-21(22)28-23(29)14-9-17-7-10-18(11-8-17)25(26)27/h2-8,10-13,15H,9,14,16H2,1H3,(H3,26,27)(H,31,32). The predicted molar refractivity (Wildman–Crippen MR) is 134 cm³/mol. The van der Waals surface area contributed by atoms with Gasteiger partial charge in [0.1, 0.15) is 18.2 Å². The Balaban J connectivity index is 1.64. The molecular weight excluding hydrogens is 466 g/mol. The molecule has 0 spiro atoms. The average molecular weight is 492 g/mol. The van der Waals surface area contributed by atoms with Crippen molar-refractivity contribution in [1.29, 1.82) is 5.41 Å². The Morgan fingerprint density at radius 1 is 1.06 bits per heavy atom. The fourth-order valence-corrected chi connectivity index (χ4v) is 5.31. The van der Waals surface area contributed by atoms with Crippen LogP contribution in [-0.2, 0) is 34.7 Å². The third kappa shape index (κ3) is 5.02. The van der Waals surface area contributed by atoms with E-state index in [0.717, 1.165) is 27.6 Å². The van der Waals surface area contributed by atoms with Crippen LogP contribution in [0.4, 0.5) is 5.69 Å². The third-order valence-corrected chi connectivity index (χ3v) is 7.55. The molecule has 9 nitrogen and oxygen atoms in total. The van der Waals surface area contributed by atoms with Gasteiger partial charge in [-0.15, -0.1) is 0 Å². The van der Waals surface area contributed by atoms with Crippen LogP contribution in [-0.4, -0.2) is 41.4 Å². The average Bonchev–Trinajstić information content (AvgIpc) is 3.16. The van der Waals surface area contributed by atoms with Crippen LogP contribution in [0.15, 0.2) is 77.7 Å². The fraction of sp³-hybridized carbons (Fsp3) is 0.160. The van der Waals surface area contributed by atoms with Gasteiger partial charge in [-0.3, -0.25) is 14.5 Å². The molecule has 0 aliphatic carbocycles. The number of nitrogens with zero attached hydrogens (tertiary/aromatic N) is 3. The van der Waals surface area contributed by atoms with Crippen molar-refractivity contribution in [2.75, 3.05) is 10.8 Å². The summed E-state index contributed by atoms with van der Waals surface area (Å²) in [5.41, 5.74) is 8.86. The zero-order valence-corrected chi connectivity index (χ0v) is 19.9. The number of nitrogens with two attached hydrogens (primary N) is 1. The lowest BCUT2D eigenvalue weighted by Gasteiger charge is -2.22. The lowest BCUT2D eigenvalue weighted by atomic mass is 10.1. The first kappa shape index (κ1) is 24.0. The highest BCUT2D eigenvalue weighted by Crippen LogP contribution is 2.27. The number of nitrogen functional groups attached to an aromatic ring is 1. The van der Waals surface area contributed by atoms with Crippen molar-refractivity contribution in [2.45, 2.75) is 17.7 Å². The maximum absolute atomic E-state index is 13.2. The van der Waals surface area contributed by atoms with Gasteiger partial charge >= 0.3 is 5.97 Å². The molecule has 1 heterocycles. The van der Waals surface area contributed by atoms with Gasteiger partial charge in [-0.2, -0.15) is 0 Å². The van der Waals surface area contributed by atoms with E-state index >= 15 is 0 Å². The summed E-state index contributed by atoms with van der Waals surface area (Å²) in [7, 11) is -2.20. The van der Waals surface area contributed by atoms with Crippen molar-refractivity contribution in [1.82, 2.24) is 9.55 Å². The van der Waals surface area contributed by atoms with Crippen LogP contribution in [0.5, 0.6) is 0 Å². The summed E-state index contributed by atoms with van der Waals surface area (Å²) in [6.07, 6.45) is 1.36. The van der Waals surface area contributed by atoms with Crippen molar-refractivity contribution in [2.24, 2.45) is 12.8 Å². The van der Waals surface area contributed by atoms with E-state index in [1.807, 2.05) is 35.9 Å². The van der Waals surface area contributed by atoms with E-state index in [-0.39, 0.29) is 16.4 Å². The first-order valence-corrected chi connectivity index (χ1v) is 12.3. The quantitative estimate of drug-likeness (QED) is 0.243. The second-order valence-corrected chi connectivity index (χ2v) is 9.95. The minimum Gasteiger partial charge on any atom is -0.480 e. The number of aromatic nitrogens is 2. The summed E-state index contributed by atoms with van der Waals surface area (Å²) in [6.45, 7) is -0.710. The van der Waals surface area contributed by atoms with Crippen LogP contribution in [0, 0.1) is 5.41 Å². The first-order chi connectivity index (χ1) is 16.7. The van der Waals surface area contributed by atoms with Crippen LogP contribution >= 0.6 is 0 Å². The number of hydrogen-bond acceptors (Lipinski definition) is 5. The van der Waals surface area contributed by atoms with E-state index in [2.05, 4.69) is 0 Å². The highest BCUT2D eigenvalue weighted by molar-refractivity contribution is 7.92. The summed E-state index contributed by atoms with van der Waals surface area (Å²) in [4.78, 5) is 16.2. The molecular formula is C25H25N5O4S. The fourth-order valence-electron chi connectivity index (χ4n) is 3.88. The van der Waals surface area contributed by atoms with E-state index in [1.165, 1.54) is 12.1 Å². The van der Waals surface area contributed by atoms with Gasteiger partial charge in [0.05, 0.1) is 21.6 Å². The minimum absolute atomic E-state index is 0.0128. The Morgan fingerprint density at radius 2 is 1.74 bits per heavy atom. The molecule has 10 heteroatoms. The number of benzene rings is 3. The first-order valence-electron chi connectivity index (χ1n) is 10.8. The molecule has 0 amide bonds. The number of sulfonamides is 1. The summed E-state index contributed by atoms with van der Waals surface area (Å²) in [5, 5.41) is 16.9. The second kappa shape index (κ2) is 9.59. The number of carboxylic acids is 1. The Hall–Kier alpha value is -4.18. The van der Waals surface area contributed by atoms with Crippen LogP contribution in [0.2, 0.25) is 0 Å². The van der Waals surface area contributed by atoms with Gasteiger partial charge in [-0.05, 0) is 42.3 Å². The molecule has 4 aromatic rings. The molecule has 1 aromatic heterocycles. The Labute approximate surface area is 203 Å². The Morgan fingerprint density at radius 3 is 2.37 bits per heavy atom. The predicted octanol–water partition coefficient (Wildman–Crippen LogP) is 2.92. The minimum atomic E-state index is -4.08. The molecule has 0 aliphatic rings.